The van der Waals surface area contributed by atoms with Crippen LogP contribution in [0.2, 0.25) is 0 Å². The van der Waals surface area contributed by atoms with Gasteiger partial charge in [0.1, 0.15) is 0 Å². The summed E-state index contributed by atoms with van der Waals surface area (Å²) in [6, 6.07) is 6.54. The number of aliphatic carboxylic acids is 1. The highest BCUT2D eigenvalue weighted by Gasteiger charge is 2.02. The summed E-state index contributed by atoms with van der Waals surface area (Å²) >= 11 is 0. The number of carbonyl (C=O) groups excluding carboxylic acids is 1. The quantitative estimate of drug-likeness (QED) is 0.717. The second kappa shape index (κ2) is 4.82. The van der Waals surface area contributed by atoms with Crippen LogP contribution < -0.4 is 5.32 Å². The maximum Gasteiger partial charge on any atom is 0.307 e. The molecule has 2 N–H and O–H groups in total. The average Bonchev–Trinajstić information content (AvgIpc) is 2.17. The van der Waals surface area contributed by atoms with Gasteiger partial charge in [-0.15, -0.1) is 6.42 Å². The second-order valence-electron chi connectivity index (χ2n) is 2.87. The molecule has 0 aliphatic rings. The van der Waals surface area contributed by atoms with Gasteiger partial charge >= 0.3 is 5.97 Å². The Hall–Kier alpha value is -2.28. The van der Waals surface area contributed by atoms with Crippen LogP contribution in [0, 0.1) is 12.3 Å². The number of hydrogen-bond acceptors (Lipinski definition) is 2. The van der Waals surface area contributed by atoms with Gasteiger partial charge in [-0.1, -0.05) is 12.1 Å². The van der Waals surface area contributed by atoms with E-state index < -0.39 is 11.9 Å². The number of rotatable bonds is 3. The Labute approximate surface area is 86.9 Å². The number of carbonyl (C=O) groups is 2. The zero-order chi connectivity index (χ0) is 11.3. The zero-order valence-electron chi connectivity index (χ0n) is 7.86. The summed E-state index contributed by atoms with van der Waals surface area (Å²) in [5.41, 5.74) is 1.11. The molecule has 0 aliphatic carbocycles. The molecule has 0 spiro atoms. The predicted octanol–water partition coefficient (Wildman–Crippen LogP) is 0.885. The summed E-state index contributed by atoms with van der Waals surface area (Å²) in [6.45, 7) is 0. The number of nitrogens with one attached hydrogen (secondary N) is 1. The zero-order valence-corrected chi connectivity index (χ0v) is 7.86. The lowest BCUT2D eigenvalue weighted by molar-refractivity contribution is -0.136. The van der Waals surface area contributed by atoms with E-state index in [1.807, 2.05) is 5.92 Å². The first kappa shape index (κ1) is 10.8. The van der Waals surface area contributed by atoms with Crippen molar-refractivity contribution in [1.29, 1.82) is 0 Å². The molecule has 76 valence electrons. The molecule has 0 unspecified atom stereocenters. The van der Waals surface area contributed by atoms with Crippen molar-refractivity contribution in [2.24, 2.45) is 0 Å². The van der Waals surface area contributed by atoms with Crippen LogP contribution in [0.3, 0.4) is 0 Å². The second-order valence-corrected chi connectivity index (χ2v) is 2.87. The van der Waals surface area contributed by atoms with E-state index in [0.29, 0.717) is 11.3 Å². The van der Waals surface area contributed by atoms with Crippen LogP contribution in [-0.4, -0.2) is 17.0 Å². The van der Waals surface area contributed by atoms with Gasteiger partial charge in [0.05, 0.1) is 6.42 Å². The summed E-state index contributed by atoms with van der Waals surface area (Å²) < 4.78 is 0. The molecular weight excluding hydrogens is 194 g/mol. The number of benzene rings is 1. The number of anilines is 1. The molecule has 0 saturated heterocycles. The molecule has 0 fully saturated rings. The van der Waals surface area contributed by atoms with Crippen molar-refractivity contribution in [3.8, 4) is 12.3 Å². The minimum Gasteiger partial charge on any atom is -0.481 e. The Balaban J connectivity index is 2.79. The fourth-order valence-corrected chi connectivity index (χ4v) is 1.10. The van der Waals surface area contributed by atoms with Crippen molar-refractivity contribution in [1.82, 2.24) is 0 Å². The van der Waals surface area contributed by atoms with Gasteiger partial charge < -0.3 is 10.4 Å². The Morgan fingerprint density at radius 2 is 2.20 bits per heavy atom. The fraction of sp³-hybridized carbons (Fsp3) is 0.0909. The summed E-state index contributed by atoms with van der Waals surface area (Å²) in [4.78, 5) is 21.3. The van der Waals surface area contributed by atoms with Gasteiger partial charge in [-0.2, -0.15) is 0 Å². The monoisotopic (exact) mass is 203 g/mol. The minimum absolute atomic E-state index is 0.0836. The van der Waals surface area contributed by atoms with E-state index in [2.05, 4.69) is 5.32 Å². The maximum absolute atomic E-state index is 10.9. The maximum atomic E-state index is 10.9. The van der Waals surface area contributed by atoms with Gasteiger partial charge in [0.15, 0.2) is 0 Å². The van der Waals surface area contributed by atoms with Crippen LogP contribution in [0.25, 0.3) is 0 Å². The van der Waals surface area contributed by atoms with E-state index in [0.717, 1.165) is 0 Å². The molecule has 4 heteroatoms. The third-order valence-corrected chi connectivity index (χ3v) is 1.67. The molecule has 4 nitrogen and oxygen atoms in total. The lowest BCUT2D eigenvalue weighted by Crippen LogP contribution is -2.08. The molecule has 0 atom stereocenters. The molecule has 0 saturated carbocycles. The van der Waals surface area contributed by atoms with Crippen molar-refractivity contribution in [3.05, 3.63) is 29.8 Å². The molecule has 1 aromatic rings. The Bertz CT molecular complexity index is 432. The molecule has 0 aliphatic heterocycles. The van der Waals surface area contributed by atoms with Gasteiger partial charge in [-0.25, -0.2) is 0 Å². The molecular formula is C11H9NO3. The van der Waals surface area contributed by atoms with Gasteiger partial charge in [0, 0.05) is 5.69 Å². The molecule has 0 bridgehead atoms. The van der Waals surface area contributed by atoms with Crippen molar-refractivity contribution in [2.75, 3.05) is 5.32 Å². The van der Waals surface area contributed by atoms with Crippen LogP contribution in [0.4, 0.5) is 5.69 Å². The molecule has 1 rings (SSSR count). The van der Waals surface area contributed by atoms with Crippen molar-refractivity contribution < 1.29 is 14.7 Å². The number of terminal acetylenes is 1. The highest BCUT2D eigenvalue weighted by atomic mass is 16.4. The lowest BCUT2D eigenvalue weighted by Gasteiger charge is -2.02. The number of carboxylic acids is 1. The summed E-state index contributed by atoms with van der Waals surface area (Å²) in [5, 5.41) is 11.0. The normalized spacial score (nSPS) is 9.00. The van der Waals surface area contributed by atoms with Gasteiger partial charge in [-0.05, 0) is 23.6 Å². The molecule has 0 aromatic heterocycles. The predicted molar refractivity (Wildman–Crippen MR) is 55.2 cm³/mol. The van der Waals surface area contributed by atoms with Gasteiger partial charge in [-0.3, -0.25) is 9.59 Å². The van der Waals surface area contributed by atoms with Gasteiger partial charge in [0.25, 0.3) is 5.91 Å². The van der Waals surface area contributed by atoms with E-state index in [-0.39, 0.29) is 6.42 Å². The molecule has 0 radical (unpaired) electrons. The number of carboxylic acid groups (broad SMARTS) is 1. The first-order chi connectivity index (χ1) is 7.11. The SMILES string of the molecule is C#CC(=O)Nc1cccc(CC(=O)O)c1. The highest BCUT2D eigenvalue weighted by molar-refractivity contribution is 6.03. The number of amides is 1. The van der Waals surface area contributed by atoms with Crippen LogP contribution in [0.5, 0.6) is 0 Å². The van der Waals surface area contributed by atoms with E-state index in [1.165, 1.54) is 0 Å². The van der Waals surface area contributed by atoms with Crippen LogP contribution in [0.1, 0.15) is 5.56 Å². The molecule has 15 heavy (non-hydrogen) atoms. The first-order valence-electron chi connectivity index (χ1n) is 4.20. The van der Waals surface area contributed by atoms with E-state index in [9.17, 15) is 9.59 Å². The van der Waals surface area contributed by atoms with Crippen LogP contribution in [-0.2, 0) is 16.0 Å². The Morgan fingerprint density at radius 1 is 1.47 bits per heavy atom. The summed E-state index contributed by atoms with van der Waals surface area (Å²) in [5.74, 6) is 0.433. The Kier molecular flexibility index (Phi) is 3.47. The first-order valence-corrected chi connectivity index (χ1v) is 4.20. The molecule has 1 amide bonds. The van der Waals surface area contributed by atoms with E-state index >= 15 is 0 Å². The minimum atomic E-state index is -0.921. The molecule has 0 heterocycles. The summed E-state index contributed by atoms with van der Waals surface area (Å²) in [7, 11) is 0. The number of hydrogen-bond donors (Lipinski definition) is 2. The third kappa shape index (κ3) is 3.53. The topological polar surface area (TPSA) is 66.4 Å². The largest absolute Gasteiger partial charge is 0.481 e. The van der Waals surface area contributed by atoms with E-state index in [4.69, 9.17) is 11.5 Å². The molecule has 1 aromatic carbocycles. The summed E-state index contributed by atoms with van der Waals surface area (Å²) in [6.07, 6.45) is 4.80. The van der Waals surface area contributed by atoms with Crippen molar-refractivity contribution in [2.45, 2.75) is 6.42 Å². The van der Waals surface area contributed by atoms with Gasteiger partial charge in [0.2, 0.25) is 0 Å². The smallest absolute Gasteiger partial charge is 0.307 e. The lowest BCUT2D eigenvalue weighted by atomic mass is 10.1. The highest BCUT2D eigenvalue weighted by Crippen LogP contribution is 2.10. The van der Waals surface area contributed by atoms with Crippen LogP contribution >= 0.6 is 0 Å². The third-order valence-electron chi connectivity index (χ3n) is 1.67. The van der Waals surface area contributed by atoms with E-state index in [1.54, 1.807) is 24.3 Å². The fourth-order valence-electron chi connectivity index (χ4n) is 1.10. The Morgan fingerprint density at radius 3 is 2.80 bits per heavy atom. The van der Waals surface area contributed by atoms with Crippen LogP contribution in [0.15, 0.2) is 24.3 Å². The van der Waals surface area contributed by atoms with Crippen molar-refractivity contribution in [3.63, 3.8) is 0 Å². The standard InChI is InChI=1S/C11H9NO3/c1-2-10(13)12-9-5-3-4-8(6-9)7-11(14)15/h1,3-6H,7H2,(H,12,13)(H,14,15). The average molecular weight is 203 g/mol. The van der Waals surface area contributed by atoms with Crippen molar-refractivity contribution >= 4 is 17.6 Å².